The Labute approximate surface area is 223 Å². The molecule has 0 saturated carbocycles. The number of aryl methyl sites for hydroxylation is 1. The Balaban J connectivity index is 0.00000481. The molecule has 0 spiro atoms. The number of ether oxygens (including phenoxy) is 1. The van der Waals surface area contributed by atoms with Crippen molar-refractivity contribution in [2.75, 3.05) is 13.2 Å². The Morgan fingerprint density at radius 3 is 2.38 bits per heavy atom. The maximum absolute atomic E-state index is 14.4. The number of aromatic carboxylic acids is 1. The molecule has 3 aromatic carbocycles. The summed E-state index contributed by atoms with van der Waals surface area (Å²) in [7, 11) is 0. The van der Waals surface area contributed by atoms with Gasteiger partial charge >= 0.3 is 5.97 Å². The van der Waals surface area contributed by atoms with Gasteiger partial charge in [0.05, 0.1) is 11.1 Å². The van der Waals surface area contributed by atoms with Gasteiger partial charge < -0.3 is 20.3 Å². The summed E-state index contributed by atoms with van der Waals surface area (Å²) in [5.41, 5.74) is 3.14. The van der Waals surface area contributed by atoms with Crippen LogP contribution in [-0.2, 0) is 12.8 Å². The average molecular weight is 527 g/mol. The van der Waals surface area contributed by atoms with E-state index in [0.29, 0.717) is 23.3 Å². The molecule has 0 heterocycles. The van der Waals surface area contributed by atoms with E-state index >= 15 is 0 Å². The first-order valence-corrected chi connectivity index (χ1v) is 11.8. The fourth-order valence-electron chi connectivity index (χ4n) is 3.85. The highest BCUT2D eigenvalue weighted by Gasteiger charge is 2.21. The molecule has 1 atom stereocenters. The molecule has 8 heteroatoms. The second-order valence-electron chi connectivity index (χ2n) is 9.39. The van der Waals surface area contributed by atoms with Crippen LogP contribution in [0.25, 0.3) is 11.1 Å². The number of hydrogen-bond acceptors (Lipinski definition) is 5. The summed E-state index contributed by atoms with van der Waals surface area (Å²) < 4.78 is 20.2. The highest BCUT2D eigenvalue weighted by atomic mass is 35.5. The SMILES string of the molecule is CCc1ccc(CC(C)(C)NCC(O)COc2cc(-c3ccc(C(=O)O)cc3)ccc2C#N)c(F)c1.Cl. The molecule has 1 unspecified atom stereocenters. The van der Waals surface area contributed by atoms with Crippen LogP contribution in [0.15, 0.2) is 60.7 Å². The monoisotopic (exact) mass is 526 g/mol. The molecule has 0 aliphatic heterocycles. The Morgan fingerprint density at radius 1 is 1.11 bits per heavy atom. The summed E-state index contributed by atoms with van der Waals surface area (Å²) in [6.07, 6.45) is 0.373. The number of carboxylic acid groups (broad SMARTS) is 1. The Morgan fingerprint density at radius 2 is 1.78 bits per heavy atom. The number of nitrogens with one attached hydrogen (secondary N) is 1. The molecule has 0 aliphatic rings. The fraction of sp³-hybridized carbons (Fsp3) is 0.310. The van der Waals surface area contributed by atoms with Gasteiger partial charge in [-0.2, -0.15) is 5.26 Å². The van der Waals surface area contributed by atoms with Gasteiger partial charge in [0.25, 0.3) is 0 Å². The second-order valence-corrected chi connectivity index (χ2v) is 9.39. The highest BCUT2D eigenvalue weighted by Crippen LogP contribution is 2.28. The van der Waals surface area contributed by atoms with E-state index in [0.717, 1.165) is 23.1 Å². The van der Waals surface area contributed by atoms with Gasteiger partial charge in [-0.3, -0.25) is 0 Å². The van der Waals surface area contributed by atoms with E-state index in [9.17, 15) is 19.6 Å². The topological polar surface area (TPSA) is 103 Å². The number of aliphatic hydroxyl groups excluding tert-OH is 1. The van der Waals surface area contributed by atoms with Gasteiger partial charge in [0.15, 0.2) is 0 Å². The number of β-amino-alcohol motifs (C(OH)–C–C–N with tert-alkyl or cyclic N) is 1. The molecule has 196 valence electrons. The lowest BCUT2D eigenvalue weighted by molar-refractivity contribution is 0.0697. The van der Waals surface area contributed by atoms with Gasteiger partial charge in [0, 0.05) is 12.1 Å². The molecule has 3 rings (SSSR count). The molecule has 3 N–H and O–H groups in total. The molecule has 0 saturated heterocycles. The lowest BCUT2D eigenvalue weighted by atomic mass is 9.93. The second kappa shape index (κ2) is 13.2. The van der Waals surface area contributed by atoms with Crippen molar-refractivity contribution in [1.82, 2.24) is 5.32 Å². The summed E-state index contributed by atoms with van der Waals surface area (Å²) in [5, 5.41) is 32.3. The minimum Gasteiger partial charge on any atom is -0.489 e. The van der Waals surface area contributed by atoms with Gasteiger partial charge in [-0.05, 0) is 79.3 Å². The molecule has 3 aromatic rings. The van der Waals surface area contributed by atoms with Gasteiger partial charge in [0.2, 0.25) is 0 Å². The maximum Gasteiger partial charge on any atom is 0.335 e. The van der Waals surface area contributed by atoms with Crippen LogP contribution in [0.1, 0.15) is 47.8 Å². The van der Waals surface area contributed by atoms with Gasteiger partial charge in [-0.25, -0.2) is 9.18 Å². The van der Waals surface area contributed by atoms with E-state index in [-0.39, 0.29) is 36.9 Å². The van der Waals surface area contributed by atoms with Crippen molar-refractivity contribution in [3.8, 4) is 22.9 Å². The average Bonchev–Trinajstić information content (AvgIpc) is 2.87. The van der Waals surface area contributed by atoms with Crippen molar-refractivity contribution in [3.05, 3.63) is 88.7 Å². The summed E-state index contributed by atoms with van der Waals surface area (Å²) in [6, 6.07) is 18.9. The van der Waals surface area contributed by atoms with E-state index < -0.39 is 17.6 Å². The summed E-state index contributed by atoms with van der Waals surface area (Å²) in [4.78, 5) is 11.1. The molecule has 0 amide bonds. The van der Waals surface area contributed by atoms with Crippen LogP contribution >= 0.6 is 12.4 Å². The molecule has 0 fully saturated rings. The van der Waals surface area contributed by atoms with Crippen LogP contribution < -0.4 is 10.1 Å². The molecule has 37 heavy (non-hydrogen) atoms. The van der Waals surface area contributed by atoms with Crippen molar-refractivity contribution in [2.24, 2.45) is 0 Å². The number of carbonyl (C=O) groups is 1. The van der Waals surface area contributed by atoms with Crippen LogP contribution in [0.4, 0.5) is 4.39 Å². The van der Waals surface area contributed by atoms with Crippen LogP contribution in [0.2, 0.25) is 0 Å². The first kappa shape index (κ1) is 29.8. The van der Waals surface area contributed by atoms with Crippen molar-refractivity contribution in [2.45, 2.75) is 45.3 Å². The first-order chi connectivity index (χ1) is 17.1. The Bertz CT molecular complexity index is 1260. The Hall–Kier alpha value is -3.44. The fourth-order valence-corrected chi connectivity index (χ4v) is 3.85. The number of hydrogen-bond donors (Lipinski definition) is 3. The smallest absolute Gasteiger partial charge is 0.335 e. The van der Waals surface area contributed by atoms with Crippen LogP contribution in [0.5, 0.6) is 5.75 Å². The van der Waals surface area contributed by atoms with Crippen molar-refractivity contribution in [1.29, 1.82) is 5.26 Å². The van der Waals surface area contributed by atoms with Crippen LogP contribution in [0, 0.1) is 17.1 Å². The van der Waals surface area contributed by atoms with Gasteiger partial charge in [-0.15, -0.1) is 12.4 Å². The summed E-state index contributed by atoms with van der Waals surface area (Å²) in [5.74, 6) is -0.904. The van der Waals surface area contributed by atoms with E-state index in [1.165, 1.54) is 12.1 Å². The summed E-state index contributed by atoms with van der Waals surface area (Å²) in [6.45, 7) is 6.05. The van der Waals surface area contributed by atoms with E-state index in [1.807, 2.05) is 32.9 Å². The molecular weight excluding hydrogens is 495 g/mol. The quantitative estimate of drug-likeness (QED) is 0.309. The molecular formula is C29H32ClFN2O4. The van der Waals surface area contributed by atoms with Crippen LogP contribution in [0.3, 0.4) is 0 Å². The van der Waals surface area contributed by atoms with E-state index in [1.54, 1.807) is 36.4 Å². The zero-order chi connectivity index (χ0) is 26.3. The predicted octanol–water partition coefficient (Wildman–Crippen LogP) is 5.40. The number of benzene rings is 3. The molecule has 0 aliphatic carbocycles. The molecule has 0 bridgehead atoms. The number of nitriles is 1. The lowest BCUT2D eigenvalue weighted by Gasteiger charge is -2.28. The lowest BCUT2D eigenvalue weighted by Crippen LogP contribution is -2.46. The zero-order valence-electron chi connectivity index (χ0n) is 21.1. The minimum absolute atomic E-state index is 0. The minimum atomic E-state index is -1.00. The molecule has 0 aromatic heterocycles. The van der Waals surface area contributed by atoms with E-state index in [4.69, 9.17) is 9.84 Å². The van der Waals surface area contributed by atoms with Crippen molar-refractivity contribution in [3.63, 3.8) is 0 Å². The Kier molecular flexibility index (Phi) is 10.6. The zero-order valence-corrected chi connectivity index (χ0v) is 21.9. The highest BCUT2D eigenvalue weighted by molar-refractivity contribution is 5.88. The largest absolute Gasteiger partial charge is 0.489 e. The molecule has 6 nitrogen and oxygen atoms in total. The third kappa shape index (κ3) is 8.29. The maximum atomic E-state index is 14.4. The predicted molar refractivity (Wildman–Crippen MR) is 144 cm³/mol. The molecule has 0 radical (unpaired) electrons. The first-order valence-electron chi connectivity index (χ1n) is 11.8. The number of carboxylic acids is 1. The normalized spacial score (nSPS) is 11.8. The van der Waals surface area contributed by atoms with Crippen molar-refractivity contribution >= 4 is 18.4 Å². The van der Waals surface area contributed by atoms with Gasteiger partial charge in [0.1, 0.15) is 30.3 Å². The third-order valence-electron chi connectivity index (χ3n) is 5.97. The standard InChI is InChI=1S/C29H31FN2O4.ClH/c1-4-19-5-6-23(26(30)13-19)15-29(2,3)32-17-25(33)18-36-27-14-22(11-12-24(27)16-31)20-7-9-21(10-8-20)28(34)35;/h5-14,25,32-33H,4,15,17-18H2,1-3H3,(H,34,35);1H. The van der Waals surface area contributed by atoms with E-state index in [2.05, 4.69) is 11.4 Å². The number of aliphatic hydroxyl groups is 1. The number of nitrogens with zero attached hydrogens (tertiary/aromatic N) is 1. The third-order valence-corrected chi connectivity index (χ3v) is 5.97. The number of rotatable bonds is 11. The number of halogens is 2. The van der Waals surface area contributed by atoms with Crippen LogP contribution in [-0.4, -0.2) is 41.0 Å². The van der Waals surface area contributed by atoms with Crippen molar-refractivity contribution < 1.29 is 24.1 Å². The van der Waals surface area contributed by atoms with Gasteiger partial charge in [-0.1, -0.05) is 37.3 Å². The summed E-state index contributed by atoms with van der Waals surface area (Å²) >= 11 is 0.